The van der Waals surface area contributed by atoms with Crippen LogP contribution in [-0.2, 0) is 0 Å². The van der Waals surface area contributed by atoms with Crippen LogP contribution in [-0.4, -0.2) is 31.4 Å². The molecule has 4 heteroatoms. The van der Waals surface area contributed by atoms with Crippen molar-refractivity contribution in [3.05, 3.63) is 35.9 Å². The number of carbonyl (C=O) groups excluding carboxylic acids is 2. The summed E-state index contributed by atoms with van der Waals surface area (Å²) < 4.78 is 5.10. The molecule has 0 aliphatic rings. The highest BCUT2D eigenvalue weighted by molar-refractivity contribution is 5.84. The molecule has 0 aliphatic heterocycles. The lowest BCUT2D eigenvalue weighted by atomic mass is 10.1. The first-order chi connectivity index (χ1) is 7.60. The number of amides is 1. The summed E-state index contributed by atoms with van der Waals surface area (Å²) in [6.45, 7) is 3.59. The van der Waals surface area contributed by atoms with E-state index in [-0.39, 0.29) is 0 Å². The van der Waals surface area contributed by atoms with Gasteiger partial charge in [0.1, 0.15) is 5.75 Å². The van der Waals surface area contributed by atoms with Crippen LogP contribution in [0, 0.1) is 0 Å². The standard InChI is InChI=1S/C12H13NO3/c1-4-10-9(8-14)6-5-7-11(10)16-12(15)13(2)3/h4-8H,1H2,2-3H3. The first-order valence-corrected chi connectivity index (χ1v) is 4.70. The van der Waals surface area contributed by atoms with Gasteiger partial charge in [-0.1, -0.05) is 24.8 Å². The minimum absolute atomic E-state index is 0.332. The Morgan fingerprint density at radius 1 is 1.44 bits per heavy atom. The molecule has 0 spiro atoms. The third kappa shape index (κ3) is 2.48. The van der Waals surface area contributed by atoms with E-state index in [2.05, 4.69) is 6.58 Å². The van der Waals surface area contributed by atoms with Crippen molar-refractivity contribution in [2.45, 2.75) is 0 Å². The van der Waals surface area contributed by atoms with Gasteiger partial charge in [-0.15, -0.1) is 0 Å². The second kappa shape index (κ2) is 5.11. The normalized spacial score (nSPS) is 9.38. The zero-order valence-corrected chi connectivity index (χ0v) is 9.27. The Kier molecular flexibility index (Phi) is 3.83. The number of benzene rings is 1. The Bertz CT molecular complexity index is 424. The predicted octanol–water partition coefficient (Wildman–Crippen LogP) is 2.20. The van der Waals surface area contributed by atoms with Gasteiger partial charge in [0, 0.05) is 25.2 Å². The summed E-state index contributed by atoms with van der Waals surface area (Å²) in [5.41, 5.74) is 0.965. The summed E-state index contributed by atoms with van der Waals surface area (Å²) in [6.07, 6.45) is 1.69. The summed E-state index contributed by atoms with van der Waals surface area (Å²) in [7, 11) is 3.17. The van der Waals surface area contributed by atoms with Gasteiger partial charge in [0.05, 0.1) is 0 Å². The van der Waals surface area contributed by atoms with Gasteiger partial charge in [0.25, 0.3) is 0 Å². The Morgan fingerprint density at radius 2 is 2.12 bits per heavy atom. The highest BCUT2D eigenvalue weighted by Gasteiger charge is 2.11. The summed E-state index contributed by atoms with van der Waals surface area (Å²) in [5, 5.41) is 0. The number of hydrogen-bond acceptors (Lipinski definition) is 3. The number of ether oxygens (including phenoxy) is 1. The molecule has 1 aromatic rings. The molecule has 0 saturated heterocycles. The van der Waals surface area contributed by atoms with Crippen molar-refractivity contribution in [1.29, 1.82) is 0 Å². The number of rotatable bonds is 3. The van der Waals surface area contributed by atoms with E-state index >= 15 is 0 Å². The quantitative estimate of drug-likeness (QED) is 0.732. The molecule has 4 nitrogen and oxygen atoms in total. The molecular formula is C12H13NO3. The van der Waals surface area contributed by atoms with Crippen LogP contribution in [0.2, 0.25) is 0 Å². The summed E-state index contributed by atoms with van der Waals surface area (Å²) >= 11 is 0. The van der Waals surface area contributed by atoms with Gasteiger partial charge in [-0.3, -0.25) is 4.79 Å². The second-order valence-electron chi connectivity index (χ2n) is 3.34. The maximum atomic E-state index is 11.4. The Balaban J connectivity index is 3.09. The van der Waals surface area contributed by atoms with Crippen molar-refractivity contribution >= 4 is 18.5 Å². The largest absolute Gasteiger partial charge is 0.414 e. The van der Waals surface area contributed by atoms with E-state index in [1.807, 2.05) is 0 Å². The third-order valence-corrected chi connectivity index (χ3v) is 1.99. The van der Waals surface area contributed by atoms with Crippen LogP contribution in [0.3, 0.4) is 0 Å². The van der Waals surface area contributed by atoms with Crippen LogP contribution in [0.4, 0.5) is 4.79 Å². The molecule has 0 aliphatic carbocycles. The SMILES string of the molecule is C=Cc1c(C=O)cccc1OC(=O)N(C)C. The third-order valence-electron chi connectivity index (χ3n) is 1.99. The zero-order valence-electron chi connectivity index (χ0n) is 9.27. The smallest absolute Gasteiger partial charge is 0.410 e. The van der Waals surface area contributed by atoms with Crippen LogP contribution in [0.25, 0.3) is 6.08 Å². The van der Waals surface area contributed by atoms with E-state index in [1.165, 1.54) is 11.0 Å². The minimum atomic E-state index is -0.494. The summed E-state index contributed by atoms with van der Waals surface area (Å²) in [6, 6.07) is 4.90. The lowest BCUT2D eigenvalue weighted by Crippen LogP contribution is -2.25. The van der Waals surface area contributed by atoms with Gasteiger partial charge in [-0.25, -0.2) is 4.79 Å². The molecule has 1 rings (SSSR count). The Morgan fingerprint density at radius 3 is 2.62 bits per heavy atom. The molecule has 0 saturated carbocycles. The van der Waals surface area contributed by atoms with E-state index < -0.39 is 6.09 Å². The zero-order chi connectivity index (χ0) is 12.1. The molecule has 0 radical (unpaired) electrons. The molecule has 0 unspecified atom stereocenters. The summed E-state index contributed by atoms with van der Waals surface area (Å²) in [5.74, 6) is 0.332. The van der Waals surface area contributed by atoms with E-state index in [1.54, 1.807) is 32.3 Å². The predicted molar refractivity (Wildman–Crippen MR) is 61.6 cm³/mol. The van der Waals surface area contributed by atoms with Crippen molar-refractivity contribution < 1.29 is 14.3 Å². The van der Waals surface area contributed by atoms with Gasteiger partial charge in [-0.2, -0.15) is 0 Å². The van der Waals surface area contributed by atoms with Gasteiger partial charge in [-0.05, 0) is 6.07 Å². The number of hydrogen-bond donors (Lipinski definition) is 0. The molecule has 0 aromatic heterocycles. The van der Waals surface area contributed by atoms with E-state index in [0.717, 1.165) is 0 Å². The van der Waals surface area contributed by atoms with Crippen molar-refractivity contribution in [3.8, 4) is 5.75 Å². The van der Waals surface area contributed by atoms with E-state index in [4.69, 9.17) is 4.74 Å². The van der Waals surface area contributed by atoms with Crippen molar-refractivity contribution in [3.63, 3.8) is 0 Å². The van der Waals surface area contributed by atoms with Crippen molar-refractivity contribution in [2.24, 2.45) is 0 Å². The minimum Gasteiger partial charge on any atom is -0.410 e. The van der Waals surface area contributed by atoms with Crippen LogP contribution in [0.5, 0.6) is 5.75 Å². The van der Waals surface area contributed by atoms with Crippen molar-refractivity contribution in [2.75, 3.05) is 14.1 Å². The monoisotopic (exact) mass is 219 g/mol. The number of carbonyl (C=O) groups is 2. The molecule has 0 fully saturated rings. The van der Waals surface area contributed by atoms with Crippen LogP contribution < -0.4 is 4.74 Å². The molecule has 84 valence electrons. The molecule has 1 aromatic carbocycles. The van der Waals surface area contributed by atoms with Gasteiger partial charge in [0.15, 0.2) is 6.29 Å². The Labute approximate surface area is 94.1 Å². The fourth-order valence-electron chi connectivity index (χ4n) is 1.16. The molecule has 0 bridgehead atoms. The van der Waals surface area contributed by atoms with E-state index in [9.17, 15) is 9.59 Å². The molecule has 16 heavy (non-hydrogen) atoms. The van der Waals surface area contributed by atoms with Gasteiger partial charge in [0.2, 0.25) is 0 Å². The highest BCUT2D eigenvalue weighted by atomic mass is 16.6. The average Bonchev–Trinajstić information content (AvgIpc) is 2.28. The summed E-state index contributed by atoms with van der Waals surface area (Å²) in [4.78, 5) is 23.4. The first-order valence-electron chi connectivity index (χ1n) is 4.70. The van der Waals surface area contributed by atoms with Crippen molar-refractivity contribution in [1.82, 2.24) is 4.90 Å². The number of aldehydes is 1. The molecule has 0 heterocycles. The maximum Gasteiger partial charge on any atom is 0.414 e. The second-order valence-corrected chi connectivity index (χ2v) is 3.34. The van der Waals surface area contributed by atoms with Crippen LogP contribution in [0.1, 0.15) is 15.9 Å². The van der Waals surface area contributed by atoms with Gasteiger partial charge >= 0.3 is 6.09 Å². The number of nitrogens with zero attached hydrogens (tertiary/aromatic N) is 1. The topological polar surface area (TPSA) is 46.6 Å². The highest BCUT2D eigenvalue weighted by Crippen LogP contribution is 2.23. The Hall–Kier alpha value is -2.10. The average molecular weight is 219 g/mol. The lowest BCUT2D eigenvalue weighted by molar-refractivity contribution is 0.112. The molecular weight excluding hydrogens is 206 g/mol. The fourth-order valence-corrected chi connectivity index (χ4v) is 1.16. The molecule has 0 N–H and O–H groups in total. The molecule has 1 amide bonds. The van der Waals surface area contributed by atoms with Gasteiger partial charge < -0.3 is 9.64 Å². The first kappa shape index (κ1) is 12.0. The van der Waals surface area contributed by atoms with Crippen LogP contribution in [0.15, 0.2) is 24.8 Å². The fraction of sp³-hybridized carbons (Fsp3) is 0.167. The lowest BCUT2D eigenvalue weighted by Gasteiger charge is -2.13. The maximum absolute atomic E-state index is 11.4. The van der Waals surface area contributed by atoms with Crippen LogP contribution >= 0.6 is 0 Å². The van der Waals surface area contributed by atoms with E-state index in [0.29, 0.717) is 23.2 Å². The molecule has 0 atom stereocenters.